The number of nitrogens with one attached hydrogen (secondary N) is 1. The van der Waals surface area contributed by atoms with E-state index in [1.54, 1.807) is 29.1 Å². The van der Waals surface area contributed by atoms with Crippen LogP contribution in [0.15, 0.2) is 30.6 Å². The molecule has 7 heteroatoms. The maximum absolute atomic E-state index is 11.1. The lowest BCUT2D eigenvalue weighted by Gasteiger charge is -2.09. The average molecular weight is 276 g/mol. The smallest absolute Gasteiger partial charge is 0.333 e. The van der Waals surface area contributed by atoms with Crippen molar-refractivity contribution < 1.29 is 9.66 Å². The molecular formula is C13H16N4O3. The van der Waals surface area contributed by atoms with E-state index in [1.165, 1.54) is 7.11 Å². The molecule has 0 bridgehead atoms. The molecule has 1 aromatic carbocycles. The van der Waals surface area contributed by atoms with E-state index < -0.39 is 4.92 Å². The van der Waals surface area contributed by atoms with Crippen LogP contribution < -0.4 is 10.1 Å². The van der Waals surface area contributed by atoms with Gasteiger partial charge in [0.05, 0.1) is 24.8 Å². The number of aromatic nitrogens is 2. The molecule has 0 saturated carbocycles. The van der Waals surface area contributed by atoms with E-state index in [0.29, 0.717) is 18.8 Å². The molecule has 106 valence electrons. The van der Waals surface area contributed by atoms with Gasteiger partial charge in [-0.3, -0.25) is 14.8 Å². The maximum Gasteiger partial charge on any atom is 0.333 e. The van der Waals surface area contributed by atoms with Gasteiger partial charge < -0.3 is 10.1 Å². The number of ether oxygens (including phenoxy) is 1. The number of nitrogens with zero attached hydrogens (tertiary/aromatic N) is 3. The van der Waals surface area contributed by atoms with E-state index in [4.69, 9.17) is 4.74 Å². The highest BCUT2D eigenvalue weighted by molar-refractivity contribution is 5.68. The number of para-hydroxylation sites is 1. The molecular weight excluding hydrogens is 260 g/mol. The van der Waals surface area contributed by atoms with Crippen LogP contribution in [0.3, 0.4) is 0 Å². The summed E-state index contributed by atoms with van der Waals surface area (Å²) in [7, 11) is 1.42. The van der Waals surface area contributed by atoms with Gasteiger partial charge in [-0.15, -0.1) is 0 Å². The van der Waals surface area contributed by atoms with Gasteiger partial charge in [-0.05, 0) is 24.6 Å². The van der Waals surface area contributed by atoms with Crippen LogP contribution in [0.4, 0.5) is 11.4 Å². The van der Waals surface area contributed by atoms with Gasteiger partial charge in [0.15, 0.2) is 5.75 Å². The normalized spacial score (nSPS) is 10.3. The number of rotatable bonds is 6. The van der Waals surface area contributed by atoms with Gasteiger partial charge in [0.2, 0.25) is 0 Å². The van der Waals surface area contributed by atoms with Crippen molar-refractivity contribution in [1.29, 1.82) is 0 Å². The van der Waals surface area contributed by atoms with Crippen molar-refractivity contribution in [2.75, 3.05) is 19.0 Å². The van der Waals surface area contributed by atoms with Gasteiger partial charge in [0.25, 0.3) is 0 Å². The Balaban J connectivity index is 2.07. The second kappa shape index (κ2) is 6.05. The predicted molar refractivity (Wildman–Crippen MR) is 75.1 cm³/mol. The third-order valence-corrected chi connectivity index (χ3v) is 2.82. The Kier molecular flexibility index (Phi) is 4.19. The third kappa shape index (κ3) is 3.05. The molecule has 7 nitrogen and oxygen atoms in total. The highest BCUT2D eigenvalue weighted by Crippen LogP contribution is 2.34. The van der Waals surface area contributed by atoms with Crippen LogP contribution in [-0.2, 0) is 6.54 Å². The van der Waals surface area contributed by atoms with Crippen molar-refractivity contribution in [3.05, 3.63) is 46.3 Å². The Morgan fingerprint density at radius 2 is 2.30 bits per heavy atom. The lowest BCUT2D eigenvalue weighted by Crippen LogP contribution is -2.12. The molecule has 0 spiro atoms. The van der Waals surface area contributed by atoms with Gasteiger partial charge in [-0.25, -0.2) is 0 Å². The molecule has 0 atom stereocenters. The zero-order valence-electron chi connectivity index (χ0n) is 11.4. The molecule has 0 saturated heterocycles. The first-order valence-electron chi connectivity index (χ1n) is 6.16. The molecule has 1 aromatic heterocycles. The molecule has 0 aliphatic heterocycles. The van der Waals surface area contributed by atoms with E-state index in [-0.39, 0.29) is 11.4 Å². The number of benzene rings is 1. The largest absolute Gasteiger partial charge is 0.490 e. The van der Waals surface area contributed by atoms with Crippen molar-refractivity contribution in [3.8, 4) is 5.75 Å². The van der Waals surface area contributed by atoms with E-state index in [0.717, 1.165) is 5.56 Å². The molecule has 0 radical (unpaired) electrons. The van der Waals surface area contributed by atoms with E-state index in [1.807, 2.05) is 13.1 Å². The van der Waals surface area contributed by atoms with Crippen LogP contribution >= 0.6 is 0 Å². The van der Waals surface area contributed by atoms with Crippen LogP contribution in [0.25, 0.3) is 0 Å². The molecule has 1 heterocycles. The van der Waals surface area contributed by atoms with Gasteiger partial charge in [0.1, 0.15) is 5.69 Å². The molecule has 0 fully saturated rings. The Labute approximate surface area is 116 Å². The zero-order chi connectivity index (χ0) is 14.5. The van der Waals surface area contributed by atoms with Crippen LogP contribution in [0.1, 0.15) is 5.56 Å². The third-order valence-electron chi connectivity index (χ3n) is 2.82. The van der Waals surface area contributed by atoms with Crippen molar-refractivity contribution >= 4 is 11.4 Å². The van der Waals surface area contributed by atoms with Gasteiger partial charge >= 0.3 is 5.69 Å². The molecule has 20 heavy (non-hydrogen) atoms. The molecule has 2 aromatic rings. The SMILES string of the molecule is COc1cccc(NCCn2cc(C)cn2)c1[N+](=O)[O-]. The minimum absolute atomic E-state index is 0.0494. The standard InChI is InChI=1S/C13H16N4O3/c1-10-8-15-16(9-10)7-6-14-11-4-3-5-12(20-2)13(11)17(18)19/h3-5,8-9,14H,6-7H2,1-2H3. The summed E-state index contributed by atoms with van der Waals surface area (Å²) < 4.78 is 6.80. The van der Waals surface area contributed by atoms with Crippen molar-refractivity contribution in [2.45, 2.75) is 13.5 Å². The van der Waals surface area contributed by atoms with Gasteiger partial charge in [-0.2, -0.15) is 5.10 Å². The van der Waals surface area contributed by atoms with Crippen molar-refractivity contribution in [3.63, 3.8) is 0 Å². The summed E-state index contributed by atoms with van der Waals surface area (Å²) in [5, 5.41) is 18.3. The molecule has 0 unspecified atom stereocenters. The lowest BCUT2D eigenvalue weighted by molar-refractivity contribution is -0.384. The van der Waals surface area contributed by atoms with E-state index in [2.05, 4.69) is 10.4 Å². The quantitative estimate of drug-likeness (QED) is 0.646. The van der Waals surface area contributed by atoms with Crippen molar-refractivity contribution in [1.82, 2.24) is 9.78 Å². The first-order chi connectivity index (χ1) is 9.61. The zero-order valence-corrected chi connectivity index (χ0v) is 11.4. The fourth-order valence-corrected chi connectivity index (χ4v) is 1.91. The number of methoxy groups -OCH3 is 1. The number of hydrogen-bond donors (Lipinski definition) is 1. The summed E-state index contributed by atoms with van der Waals surface area (Å²) >= 11 is 0. The number of hydrogen-bond acceptors (Lipinski definition) is 5. The topological polar surface area (TPSA) is 82.2 Å². The minimum Gasteiger partial charge on any atom is -0.490 e. The first kappa shape index (κ1) is 13.9. The van der Waals surface area contributed by atoms with Crippen LogP contribution in [0, 0.1) is 17.0 Å². The number of nitro benzene ring substituents is 1. The Morgan fingerprint density at radius 3 is 2.90 bits per heavy atom. The number of aryl methyl sites for hydroxylation is 1. The highest BCUT2D eigenvalue weighted by atomic mass is 16.6. The summed E-state index contributed by atoms with van der Waals surface area (Å²) in [5.41, 5.74) is 1.47. The van der Waals surface area contributed by atoms with Crippen LogP contribution in [-0.4, -0.2) is 28.4 Å². The predicted octanol–water partition coefficient (Wildman–Crippen LogP) is 2.22. The Hall–Kier alpha value is -2.57. The first-order valence-corrected chi connectivity index (χ1v) is 6.16. The summed E-state index contributed by atoms with van der Waals surface area (Å²) in [6.45, 7) is 3.13. The Bertz CT molecular complexity index is 609. The fourth-order valence-electron chi connectivity index (χ4n) is 1.91. The molecule has 0 aliphatic rings. The molecule has 0 aliphatic carbocycles. The molecule has 0 amide bonds. The number of anilines is 1. The van der Waals surface area contributed by atoms with Crippen LogP contribution in [0.2, 0.25) is 0 Å². The summed E-state index contributed by atoms with van der Waals surface area (Å²) in [6, 6.07) is 4.95. The molecule has 2 rings (SSSR count). The lowest BCUT2D eigenvalue weighted by atomic mass is 10.2. The number of nitro groups is 1. The van der Waals surface area contributed by atoms with E-state index >= 15 is 0 Å². The summed E-state index contributed by atoms with van der Waals surface area (Å²) in [4.78, 5) is 10.7. The van der Waals surface area contributed by atoms with Crippen molar-refractivity contribution in [2.24, 2.45) is 0 Å². The van der Waals surface area contributed by atoms with Crippen LogP contribution in [0.5, 0.6) is 5.75 Å². The highest BCUT2D eigenvalue weighted by Gasteiger charge is 2.19. The molecule has 1 N–H and O–H groups in total. The van der Waals surface area contributed by atoms with E-state index in [9.17, 15) is 10.1 Å². The average Bonchev–Trinajstić information content (AvgIpc) is 2.83. The second-order valence-electron chi connectivity index (χ2n) is 4.32. The Morgan fingerprint density at radius 1 is 1.50 bits per heavy atom. The minimum atomic E-state index is -0.445. The van der Waals surface area contributed by atoms with Gasteiger partial charge in [0, 0.05) is 12.7 Å². The summed E-state index contributed by atoms with van der Waals surface area (Å²) in [6.07, 6.45) is 3.69. The fraction of sp³-hybridized carbons (Fsp3) is 0.308. The maximum atomic E-state index is 11.1. The second-order valence-corrected chi connectivity index (χ2v) is 4.32. The monoisotopic (exact) mass is 276 g/mol. The van der Waals surface area contributed by atoms with Gasteiger partial charge in [-0.1, -0.05) is 6.07 Å². The summed E-state index contributed by atoms with van der Waals surface area (Å²) in [5.74, 6) is 0.245.